The van der Waals surface area contributed by atoms with Gasteiger partial charge in [0.25, 0.3) is 5.97 Å². The fourth-order valence-corrected chi connectivity index (χ4v) is 1.52. The lowest BCUT2D eigenvalue weighted by Gasteiger charge is -2.22. The molecule has 0 saturated heterocycles. The predicted octanol–water partition coefficient (Wildman–Crippen LogP) is 0.0599. The smallest absolute Gasteiger partial charge is 0.300 e. The SMILES string of the molecule is CC(=O)NCCCCC(C(=O)[15NH][13CH3])N(C)C.[13CH3][13C](=O)O. The van der Waals surface area contributed by atoms with Crippen LogP contribution in [0, 0.1) is 0 Å². The molecule has 0 saturated carbocycles. The third kappa shape index (κ3) is 14.4. The Morgan fingerprint density at radius 1 is 1.15 bits per heavy atom. The Hall–Kier alpha value is -1.63. The van der Waals surface area contributed by atoms with Crippen molar-refractivity contribution in [2.24, 2.45) is 0 Å². The summed E-state index contributed by atoms with van der Waals surface area (Å²) in [4.78, 5) is 33.0. The van der Waals surface area contributed by atoms with Crippen molar-refractivity contribution in [3.05, 3.63) is 0 Å². The van der Waals surface area contributed by atoms with E-state index in [0.717, 1.165) is 26.2 Å². The van der Waals surface area contributed by atoms with Gasteiger partial charge in [0, 0.05) is 27.4 Å². The van der Waals surface area contributed by atoms with E-state index in [9.17, 15) is 9.59 Å². The molecule has 0 aliphatic heterocycles. The van der Waals surface area contributed by atoms with Crippen LogP contribution in [-0.4, -0.2) is 61.5 Å². The van der Waals surface area contributed by atoms with E-state index in [1.54, 1.807) is 7.05 Å². The van der Waals surface area contributed by atoms with Gasteiger partial charge in [0.15, 0.2) is 0 Å². The molecule has 118 valence electrons. The second kappa shape index (κ2) is 12.4. The number of carboxylic acids is 1. The molecular formula is C13H27N3O4. The topological polar surface area (TPSA) is 98.7 Å². The van der Waals surface area contributed by atoms with E-state index < -0.39 is 5.97 Å². The van der Waals surface area contributed by atoms with E-state index in [0.29, 0.717) is 6.54 Å². The summed E-state index contributed by atoms with van der Waals surface area (Å²) >= 11 is 0. The van der Waals surface area contributed by atoms with E-state index in [4.69, 9.17) is 9.90 Å². The number of rotatable bonds is 7. The maximum Gasteiger partial charge on any atom is 0.300 e. The molecule has 1 atom stereocenters. The van der Waals surface area contributed by atoms with Gasteiger partial charge in [0.2, 0.25) is 11.8 Å². The third-order valence-electron chi connectivity index (χ3n) is 2.45. The minimum Gasteiger partial charge on any atom is -0.481 e. The maximum atomic E-state index is 11.5. The van der Waals surface area contributed by atoms with E-state index in [2.05, 4.69) is 10.6 Å². The van der Waals surface area contributed by atoms with Crippen LogP contribution in [0.3, 0.4) is 0 Å². The van der Waals surface area contributed by atoms with Crippen molar-refractivity contribution in [3.8, 4) is 0 Å². The molecule has 3 N–H and O–H groups in total. The molecule has 0 spiro atoms. The van der Waals surface area contributed by atoms with Crippen molar-refractivity contribution in [1.29, 1.82) is 0 Å². The van der Waals surface area contributed by atoms with Crippen molar-refractivity contribution < 1.29 is 19.5 Å². The lowest BCUT2D eigenvalue weighted by Crippen LogP contribution is -2.42. The minimum absolute atomic E-state index is 0.00420. The molecule has 0 radical (unpaired) electrons. The average molecular weight is 293 g/mol. The van der Waals surface area contributed by atoms with Gasteiger partial charge in [-0.05, 0) is 33.4 Å². The maximum absolute atomic E-state index is 11.5. The predicted molar refractivity (Wildman–Crippen MR) is 77.4 cm³/mol. The molecule has 0 aromatic carbocycles. The Bertz CT molecular complexity index is 302. The highest BCUT2D eigenvalue weighted by molar-refractivity contribution is 5.81. The largest absolute Gasteiger partial charge is 0.481 e. The van der Waals surface area contributed by atoms with Crippen LogP contribution in [0.2, 0.25) is 0 Å². The first kappa shape index (κ1) is 20.7. The van der Waals surface area contributed by atoms with Crippen molar-refractivity contribution in [3.63, 3.8) is 0 Å². The number of nitrogens with zero attached hydrogens (tertiary/aromatic N) is 1. The highest BCUT2D eigenvalue weighted by Gasteiger charge is 2.18. The molecule has 0 aliphatic carbocycles. The first-order valence-electron chi connectivity index (χ1n) is 6.54. The zero-order chi connectivity index (χ0) is 16.1. The van der Waals surface area contributed by atoms with E-state index >= 15 is 0 Å². The molecule has 0 aromatic rings. The summed E-state index contributed by atoms with van der Waals surface area (Å²) in [6.45, 7) is 3.27. The van der Waals surface area contributed by atoms with Crippen LogP contribution in [0.15, 0.2) is 0 Å². The van der Waals surface area contributed by atoms with Crippen LogP contribution in [-0.2, 0) is 14.4 Å². The third-order valence-corrected chi connectivity index (χ3v) is 2.45. The zero-order valence-corrected chi connectivity index (χ0v) is 13.0. The Kier molecular flexibility index (Phi) is 12.8. The van der Waals surface area contributed by atoms with Crippen molar-refractivity contribution in [2.45, 2.75) is 39.2 Å². The minimum atomic E-state index is -0.833. The van der Waals surface area contributed by atoms with Gasteiger partial charge in [-0.25, -0.2) is 0 Å². The summed E-state index contributed by atoms with van der Waals surface area (Å²) in [7, 11) is 5.44. The van der Waals surface area contributed by atoms with Gasteiger partial charge in [-0.3, -0.25) is 19.3 Å². The summed E-state index contributed by atoms with van der Waals surface area (Å²) in [5.74, 6) is -0.792. The van der Waals surface area contributed by atoms with Crippen LogP contribution in [0.1, 0.15) is 33.1 Å². The highest BCUT2D eigenvalue weighted by atomic mass is 16.5. The monoisotopic (exact) mass is 293 g/mol. The number of unbranched alkanes of at least 4 members (excludes halogenated alkanes) is 1. The molecule has 1 unspecified atom stereocenters. The molecule has 0 bridgehead atoms. The highest BCUT2D eigenvalue weighted by Crippen LogP contribution is 2.05. The van der Waals surface area contributed by atoms with Crippen LogP contribution >= 0.6 is 0 Å². The van der Waals surface area contributed by atoms with Gasteiger partial charge >= 0.3 is 0 Å². The van der Waals surface area contributed by atoms with Crippen LogP contribution in [0.5, 0.6) is 0 Å². The Labute approximate surface area is 120 Å². The summed E-state index contributed by atoms with van der Waals surface area (Å²) in [5, 5.41) is 12.8. The number of likely N-dealkylation sites (N-methyl/N-ethyl adjacent to an activating group) is 2. The van der Waals surface area contributed by atoms with Gasteiger partial charge in [-0.2, -0.15) is 0 Å². The number of carbonyl (C=O) groups excluding carboxylic acids is 2. The number of carbonyl (C=O) groups is 3. The molecule has 0 fully saturated rings. The Morgan fingerprint density at radius 3 is 2.00 bits per heavy atom. The van der Waals surface area contributed by atoms with E-state index in [-0.39, 0.29) is 17.9 Å². The van der Waals surface area contributed by atoms with Crippen LogP contribution in [0.25, 0.3) is 0 Å². The van der Waals surface area contributed by atoms with Gasteiger partial charge < -0.3 is 15.7 Å². The van der Waals surface area contributed by atoms with E-state index in [1.807, 2.05) is 19.0 Å². The van der Waals surface area contributed by atoms with Crippen LogP contribution < -0.4 is 10.6 Å². The molecule has 7 heteroatoms. The lowest BCUT2D eigenvalue weighted by atomic mass is 10.1. The summed E-state index contributed by atoms with van der Waals surface area (Å²) in [6, 6.07) is -0.0812. The second-order valence-electron chi connectivity index (χ2n) is 4.59. The summed E-state index contributed by atoms with van der Waals surface area (Å²) in [5.41, 5.74) is 0. The number of hydrogen-bond acceptors (Lipinski definition) is 4. The van der Waals surface area contributed by atoms with Crippen molar-refractivity contribution in [1.82, 2.24) is 15.5 Å². The molecule has 0 heterocycles. The number of nitrogens with one attached hydrogen (secondary N) is 2. The molecule has 0 rings (SSSR count). The molecule has 2 amide bonds. The van der Waals surface area contributed by atoms with Gasteiger partial charge in [0.05, 0.1) is 6.04 Å². The van der Waals surface area contributed by atoms with Gasteiger partial charge in [-0.1, -0.05) is 0 Å². The second-order valence-corrected chi connectivity index (χ2v) is 4.59. The molecule has 0 aromatic heterocycles. The van der Waals surface area contributed by atoms with Crippen molar-refractivity contribution >= 4 is 17.8 Å². The fourth-order valence-electron chi connectivity index (χ4n) is 1.52. The van der Waals surface area contributed by atoms with E-state index in [1.165, 1.54) is 6.92 Å². The summed E-state index contributed by atoms with van der Waals surface area (Å²) < 4.78 is 0. The molecular weight excluding hydrogens is 266 g/mol. The average Bonchev–Trinajstić information content (AvgIpc) is 2.31. The zero-order valence-electron chi connectivity index (χ0n) is 13.0. The molecule has 0 aliphatic rings. The lowest BCUT2D eigenvalue weighted by molar-refractivity contribution is -0.134. The normalized spacial score (nSPS) is 11.1. The molecule has 20 heavy (non-hydrogen) atoms. The quantitative estimate of drug-likeness (QED) is 0.350. The number of carboxylic acid groups (broad SMARTS) is 1. The first-order valence-corrected chi connectivity index (χ1v) is 6.54. The summed E-state index contributed by atoms with van der Waals surface area (Å²) in [6.07, 6.45) is 2.64. The number of amides is 2. The Balaban J connectivity index is 0. The number of aliphatic carboxylic acids is 1. The Morgan fingerprint density at radius 2 is 1.65 bits per heavy atom. The van der Waals surface area contributed by atoms with Gasteiger partial charge in [0.1, 0.15) is 0 Å². The van der Waals surface area contributed by atoms with Crippen LogP contribution in [0.4, 0.5) is 0 Å². The number of hydrogen-bond donors (Lipinski definition) is 3. The standard InChI is InChI=1S/C11H23N3O2.C2H4O2/c1-9(15)13-8-6-5-7-10(14(3)4)11(16)12-2;1-2(3)4/h10H,5-8H2,1-4H3,(H,12,16)(H,13,15);1H3,(H,3,4)/i2+1,12+1;1+1,2+1. The van der Waals surface area contributed by atoms with Crippen molar-refractivity contribution in [2.75, 3.05) is 27.7 Å². The molecule has 7 nitrogen and oxygen atoms in total. The van der Waals surface area contributed by atoms with Gasteiger partial charge in [-0.15, -0.1) is 0 Å². The first-order chi connectivity index (χ1) is 9.22. The fraction of sp³-hybridized carbons (Fsp3) is 0.769.